The van der Waals surface area contributed by atoms with Crippen LogP contribution >= 0.6 is 0 Å². The summed E-state index contributed by atoms with van der Waals surface area (Å²) < 4.78 is 5.82. The molecule has 0 spiro atoms. The number of carbonyl (C=O) groups excluding carboxylic acids is 1. The fraction of sp³-hybridized carbons (Fsp3) is 0.481. The topological polar surface area (TPSA) is 66.8 Å². The zero-order chi connectivity index (χ0) is 22.3. The Kier molecular flexibility index (Phi) is 7.46. The highest BCUT2D eigenvalue weighted by molar-refractivity contribution is 5.82. The van der Waals surface area contributed by atoms with Gasteiger partial charge in [-0.1, -0.05) is 55.3 Å². The van der Waals surface area contributed by atoms with Crippen molar-refractivity contribution in [2.24, 2.45) is 17.8 Å². The smallest absolute Gasteiger partial charge is 0.307 e. The van der Waals surface area contributed by atoms with Gasteiger partial charge in [0.05, 0.1) is 12.5 Å². The lowest BCUT2D eigenvalue weighted by atomic mass is 9.82. The van der Waals surface area contributed by atoms with Gasteiger partial charge >= 0.3 is 5.97 Å². The van der Waals surface area contributed by atoms with E-state index < -0.39 is 11.9 Å². The molecule has 1 heterocycles. The van der Waals surface area contributed by atoms with Crippen LogP contribution < -0.4 is 4.74 Å². The highest BCUT2D eigenvalue weighted by Crippen LogP contribution is 2.36. The number of rotatable bonds is 9. The molecule has 0 radical (unpaired) electrons. The number of carbonyl (C=O) groups is 2. The summed E-state index contributed by atoms with van der Waals surface area (Å²) in [5.41, 5.74) is 2.14. The summed E-state index contributed by atoms with van der Waals surface area (Å²) in [6, 6.07) is 17.8. The van der Waals surface area contributed by atoms with Gasteiger partial charge in [-0.3, -0.25) is 9.59 Å². The number of carboxylic acids is 1. The van der Waals surface area contributed by atoms with Crippen LogP contribution in [-0.2, 0) is 22.4 Å². The summed E-state index contributed by atoms with van der Waals surface area (Å²) in [4.78, 5) is 26.6. The molecule has 0 bridgehead atoms. The molecular weight excluding hydrogens is 402 g/mol. The number of fused-ring (bicyclic) bond motifs is 1. The predicted octanol–water partition coefficient (Wildman–Crippen LogP) is 4.59. The summed E-state index contributed by atoms with van der Waals surface area (Å²) in [6.07, 6.45) is 6.19. The fourth-order valence-electron chi connectivity index (χ4n) is 5.13. The Morgan fingerprint density at radius 3 is 2.22 bits per heavy atom. The second kappa shape index (κ2) is 10.7. The van der Waals surface area contributed by atoms with Crippen LogP contribution in [-0.4, -0.2) is 41.6 Å². The number of ether oxygens (including phenoxy) is 1. The molecule has 170 valence electrons. The van der Waals surface area contributed by atoms with Gasteiger partial charge < -0.3 is 14.7 Å². The maximum atomic E-state index is 12.8. The lowest BCUT2D eigenvalue weighted by Gasteiger charge is -2.22. The monoisotopic (exact) mass is 435 g/mol. The Labute approximate surface area is 190 Å². The number of hydrogen-bond acceptors (Lipinski definition) is 3. The number of aliphatic carboxylic acids is 1. The van der Waals surface area contributed by atoms with Crippen LogP contribution in [0.2, 0.25) is 0 Å². The van der Waals surface area contributed by atoms with Crippen LogP contribution in [0.4, 0.5) is 0 Å². The average Bonchev–Trinajstić information content (AvgIpc) is 3.25. The molecule has 1 N–H and O–H groups in total. The van der Waals surface area contributed by atoms with Crippen LogP contribution in [0.25, 0.3) is 0 Å². The van der Waals surface area contributed by atoms with Gasteiger partial charge in [0.25, 0.3) is 0 Å². The standard InChI is InChI=1S/C27H33NO4/c29-26(28-18-22-8-4-5-9-23(22)19-28)17-24(27(30)31)16-21-10-12-25(13-11-21)32-15-14-20-6-2-1-3-7-20/h1-3,6-7,10-13,22-24H,4-5,8-9,14-19H2,(H,30,31)/t22-,23+,24?. The maximum absolute atomic E-state index is 12.8. The van der Waals surface area contributed by atoms with Gasteiger partial charge in [-0.25, -0.2) is 0 Å². The van der Waals surface area contributed by atoms with Crippen LogP contribution in [0, 0.1) is 17.8 Å². The Bertz CT molecular complexity index is 882. The molecule has 0 aromatic heterocycles. The predicted molar refractivity (Wildman–Crippen MR) is 124 cm³/mol. The molecule has 2 aromatic carbocycles. The van der Waals surface area contributed by atoms with Crippen LogP contribution in [0.1, 0.15) is 43.2 Å². The summed E-state index contributed by atoms with van der Waals surface area (Å²) in [7, 11) is 0. The molecule has 3 atom stereocenters. The van der Waals surface area contributed by atoms with E-state index in [9.17, 15) is 14.7 Å². The first kappa shape index (κ1) is 22.4. The Hall–Kier alpha value is -2.82. The number of hydrogen-bond donors (Lipinski definition) is 1. The molecule has 1 saturated heterocycles. The Morgan fingerprint density at radius 2 is 1.59 bits per heavy atom. The van der Waals surface area contributed by atoms with Crippen molar-refractivity contribution in [3.63, 3.8) is 0 Å². The van der Waals surface area contributed by atoms with Gasteiger partial charge in [-0.15, -0.1) is 0 Å². The number of amides is 1. The average molecular weight is 436 g/mol. The van der Waals surface area contributed by atoms with E-state index >= 15 is 0 Å². The van der Waals surface area contributed by atoms with Gasteiger partial charge in [0.2, 0.25) is 5.91 Å². The van der Waals surface area contributed by atoms with Crippen LogP contribution in [0.5, 0.6) is 5.75 Å². The van der Waals surface area contributed by atoms with E-state index in [-0.39, 0.29) is 12.3 Å². The highest BCUT2D eigenvalue weighted by Gasteiger charge is 2.37. The van der Waals surface area contributed by atoms with E-state index in [4.69, 9.17) is 4.74 Å². The third-order valence-corrected chi connectivity index (χ3v) is 7.01. The van der Waals surface area contributed by atoms with Crippen molar-refractivity contribution >= 4 is 11.9 Å². The van der Waals surface area contributed by atoms with Crippen molar-refractivity contribution in [2.45, 2.75) is 44.9 Å². The van der Waals surface area contributed by atoms with Gasteiger partial charge in [-0.2, -0.15) is 0 Å². The third-order valence-electron chi connectivity index (χ3n) is 7.01. The third kappa shape index (κ3) is 5.90. The van der Waals surface area contributed by atoms with Gasteiger partial charge in [-0.05, 0) is 54.4 Å². The van der Waals surface area contributed by atoms with Crippen molar-refractivity contribution in [1.29, 1.82) is 0 Å². The number of benzene rings is 2. The highest BCUT2D eigenvalue weighted by atomic mass is 16.5. The van der Waals surface area contributed by atoms with Crippen LogP contribution in [0.3, 0.4) is 0 Å². The minimum Gasteiger partial charge on any atom is -0.493 e. The lowest BCUT2D eigenvalue weighted by molar-refractivity contribution is -0.145. The fourth-order valence-corrected chi connectivity index (χ4v) is 5.13. The number of carboxylic acid groups (broad SMARTS) is 1. The van der Waals surface area contributed by atoms with Gasteiger partial charge in [0, 0.05) is 25.9 Å². The van der Waals surface area contributed by atoms with Crippen molar-refractivity contribution in [2.75, 3.05) is 19.7 Å². The second-order valence-electron chi connectivity index (χ2n) is 9.27. The van der Waals surface area contributed by atoms with Crippen molar-refractivity contribution in [3.05, 3.63) is 65.7 Å². The largest absolute Gasteiger partial charge is 0.493 e. The molecule has 2 aromatic rings. The Morgan fingerprint density at radius 1 is 0.938 bits per heavy atom. The summed E-state index contributed by atoms with van der Waals surface area (Å²) in [6.45, 7) is 2.21. The zero-order valence-electron chi connectivity index (χ0n) is 18.6. The van der Waals surface area contributed by atoms with Crippen molar-refractivity contribution < 1.29 is 19.4 Å². The quantitative estimate of drug-likeness (QED) is 0.626. The van der Waals surface area contributed by atoms with E-state index in [0.717, 1.165) is 30.8 Å². The molecule has 2 aliphatic rings. The molecule has 32 heavy (non-hydrogen) atoms. The molecule has 4 rings (SSSR count). The normalized spacial score (nSPS) is 21.1. The Balaban J connectivity index is 1.27. The molecule has 5 heteroatoms. The SMILES string of the molecule is O=C(O)C(CC(=O)N1C[C@H]2CCCC[C@H]2C1)Cc1ccc(OCCc2ccccc2)cc1. The molecule has 1 aliphatic heterocycles. The zero-order valence-corrected chi connectivity index (χ0v) is 18.6. The van der Waals surface area contributed by atoms with Gasteiger partial charge in [0.1, 0.15) is 5.75 Å². The summed E-state index contributed by atoms with van der Waals surface area (Å²) >= 11 is 0. The molecule has 1 saturated carbocycles. The molecule has 1 aliphatic carbocycles. The first-order valence-electron chi connectivity index (χ1n) is 11.8. The lowest BCUT2D eigenvalue weighted by Crippen LogP contribution is -2.33. The van der Waals surface area contributed by atoms with Crippen LogP contribution in [0.15, 0.2) is 54.6 Å². The first-order chi connectivity index (χ1) is 15.6. The molecule has 5 nitrogen and oxygen atoms in total. The molecule has 1 unspecified atom stereocenters. The molecule has 2 fully saturated rings. The minimum atomic E-state index is -0.904. The molecular formula is C27H33NO4. The maximum Gasteiger partial charge on any atom is 0.307 e. The van der Waals surface area contributed by atoms with E-state index in [1.165, 1.54) is 31.2 Å². The number of likely N-dealkylation sites (tertiary alicyclic amines) is 1. The summed E-state index contributed by atoms with van der Waals surface area (Å²) in [5.74, 6) is 0.393. The van der Waals surface area contributed by atoms with E-state index in [2.05, 4.69) is 12.1 Å². The number of nitrogens with zero attached hydrogens (tertiary/aromatic N) is 1. The molecule has 1 amide bonds. The first-order valence-corrected chi connectivity index (χ1v) is 11.8. The second-order valence-corrected chi connectivity index (χ2v) is 9.27. The van der Waals surface area contributed by atoms with E-state index in [0.29, 0.717) is 24.9 Å². The summed E-state index contributed by atoms with van der Waals surface area (Å²) in [5, 5.41) is 9.72. The van der Waals surface area contributed by atoms with E-state index in [1.54, 1.807) is 0 Å². The van der Waals surface area contributed by atoms with Crippen molar-refractivity contribution in [3.8, 4) is 5.75 Å². The van der Waals surface area contributed by atoms with Gasteiger partial charge in [0.15, 0.2) is 0 Å². The minimum absolute atomic E-state index is 0.00679. The van der Waals surface area contributed by atoms with E-state index in [1.807, 2.05) is 47.4 Å². The van der Waals surface area contributed by atoms with Crippen molar-refractivity contribution in [1.82, 2.24) is 4.90 Å².